The lowest BCUT2D eigenvalue weighted by atomic mass is 9.82. The highest BCUT2D eigenvalue weighted by Crippen LogP contribution is 2.33. The zero-order valence-corrected chi connectivity index (χ0v) is 16.1. The van der Waals surface area contributed by atoms with Gasteiger partial charge in [-0.15, -0.1) is 0 Å². The average molecular weight is 353 g/mol. The second-order valence-corrected chi connectivity index (χ2v) is 7.78. The number of H-pyrrole nitrogens is 1. The minimum absolute atomic E-state index is 0.0220. The van der Waals surface area contributed by atoms with E-state index in [9.17, 15) is 9.18 Å². The Kier molecular flexibility index (Phi) is 4.39. The van der Waals surface area contributed by atoms with Gasteiger partial charge in [-0.3, -0.25) is 4.79 Å². The molecule has 1 aromatic heterocycles. The van der Waals surface area contributed by atoms with Crippen LogP contribution in [0.5, 0.6) is 5.75 Å². The normalized spacial score (nSPS) is 11.8. The zero-order chi connectivity index (χ0) is 19.2. The van der Waals surface area contributed by atoms with Crippen LogP contribution in [0.4, 0.5) is 4.39 Å². The molecule has 1 heterocycles. The molecule has 0 aliphatic carbocycles. The average Bonchev–Trinajstić information content (AvgIpc) is 2.55. The van der Waals surface area contributed by atoms with Gasteiger partial charge in [-0.2, -0.15) is 0 Å². The van der Waals surface area contributed by atoms with Crippen molar-refractivity contribution in [3.8, 4) is 17.0 Å². The molecule has 0 saturated heterocycles. The third-order valence-corrected chi connectivity index (χ3v) is 4.77. The summed E-state index contributed by atoms with van der Waals surface area (Å²) in [5.41, 5.74) is 5.58. The van der Waals surface area contributed by atoms with E-state index in [1.807, 2.05) is 6.92 Å². The summed E-state index contributed by atoms with van der Waals surface area (Å²) in [7, 11) is 1.37. The van der Waals surface area contributed by atoms with Crippen molar-refractivity contribution in [2.24, 2.45) is 0 Å². The van der Waals surface area contributed by atoms with Crippen LogP contribution in [0, 0.1) is 19.7 Å². The molecule has 0 bridgehead atoms. The Balaban J connectivity index is 2.26. The fourth-order valence-electron chi connectivity index (χ4n) is 3.55. The molecular formula is C22H24FNO2. The van der Waals surface area contributed by atoms with Gasteiger partial charge in [0.1, 0.15) is 0 Å². The van der Waals surface area contributed by atoms with E-state index in [2.05, 4.69) is 44.8 Å². The van der Waals surface area contributed by atoms with Crippen LogP contribution in [0.15, 0.2) is 35.1 Å². The molecule has 136 valence electrons. The van der Waals surface area contributed by atoms with Crippen LogP contribution in [-0.4, -0.2) is 12.1 Å². The Hall–Kier alpha value is -2.62. The Bertz CT molecular complexity index is 1060. The molecule has 2 aromatic carbocycles. The van der Waals surface area contributed by atoms with E-state index in [-0.39, 0.29) is 22.0 Å². The maximum Gasteiger partial charge on any atom is 0.193 e. The van der Waals surface area contributed by atoms with Gasteiger partial charge in [0.15, 0.2) is 17.0 Å². The molecule has 0 atom stereocenters. The molecule has 3 nitrogen and oxygen atoms in total. The Morgan fingerprint density at radius 1 is 1.04 bits per heavy atom. The quantitative estimate of drug-likeness (QED) is 0.683. The molecular weight excluding hydrogens is 329 g/mol. The second kappa shape index (κ2) is 6.27. The van der Waals surface area contributed by atoms with Gasteiger partial charge in [-0.25, -0.2) is 4.39 Å². The molecule has 0 saturated carbocycles. The lowest BCUT2D eigenvalue weighted by molar-refractivity contribution is 0.391. The van der Waals surface area contributed by atoms with Gasteiger partial charge in [0, 0.05) is 17.3 Å². The van der Waals surface area contributed by atoms with Crippen molar-refractivity contribution in [2.45, 2.75) is 40.0 Å². The molecule has 4 heteroatoms. The van der Waals surface area contributed by atoms with Crippen LogP contribution < -0.4 is 10.2 Å². The topological polar surface area (TPSA) is 42.1 Å². The molecule has 0 aliphatic rings. The number of fused-ring (bicyclic) bond motifs is 1. The first-order chi connectivity index (χ1) is 12.1. The number of ether oxygens (including phenoxy) is 1. The van der Waals surface area contributed by atoms with Gasteiger partial charge in [-0.05, 0) is 54.2 Å². The van der Waals surface area contributed by atoms with Crippen molar-refractivity contribution in [2.75, 3.05) is 7.11 Å². The van der Waals surface area contributed by atoms with Crippen molar-refractivity contribution in [3.05, 3.63) is 63.1 Å². The zero-order valence-electron chi connectivity index (χ0n) is 16.1. The summed E-state index contributed by atoms with van der Waals surface area (Å²) >= 11 is 0. The van der Waals surface area contributed by atoms with Crippen LogP contribution in [0.1, 0.15) is 37.5 Å². The van der Waals surface area contributed by atoms with E-state index < -0.39 is 5.82 Å². The Morgan fingerprint density at radius 2 is 1.73 bits per heavy atom. The van der Waals surface area contributed by atoms with E-state index in [0.717, 1.165) is 16.8 Å². The number of halogens is 1. The molecule has 1 N–H and O–H groups in total. The maximum absolute atomic E-state index is 13.9. The number of aromatic amines is 1. The van der Waals surface area contributed by atoms with Crippen molar-refractivity contribution >= 4 is 10.9 Å². The van der Waals surface area contributed by atoms with Crippen molar-refractivity contribution < 1.29 is 9.13 Å². The number of aromatic nitrogens is 1. The summed E-state index contributed by atoms with van der Waals surface area (Å²) in [5.74, 6) is -0.564. The smallest absolute Gasteiger partial charge is 0.193 e. The fourth-order valence-corrected chi connectivity index (χ4v) is 3.55. The minimum atomic E-state index is -0.542. The number of rotatable bonds is 2. The van der Waals surface area contributed by atoms with Crippen molar-refractivity contribution in [3.63, 3.8) is 0 Å². The summed E-state index contributed by atoms with van der Waals surface area (Å²) < 4.78 is 19.0. The minimum Gasteiger partial charge on any atom is -0.493 e. The van der Waals surface area contributed by atoms with Crippen LogP contribution in [0.3, 0.4) is 0 Å². The molecule has 3 aromatic rings. The largest absolute Gasteiger partial charge is 0.493 e. The first-order valence-corrected chi connectivity index (χ1v) is 8.65. The van der Waals surface area contributed by atoms with E-state index >= 15 is 0 Å². The van der Waals surface area contributed by atoms with E-state index in [0.29, 0.717) is 5.52 Å². The molecule has 0 radical (unpaired) electrons. The predicted molar refractivity (Wildman–Crippen MR) is 105 cm³/mol. The summed E-state index contributed by atoms with van der Waals surface area (Å²) in [6.07, 6.45) is 0. The third-order valence-electron chi connectivity index (χ3n) is 4.77. The van der Waals surface area contributed by atoms with Gasteiger partial charge in [0.2, 0.25) is 0 Å². The SMILES string of the molecule is COc1c(F)ccc2[nH]c(-c3cc(C)c(C(C)(C)C)cc3C)cc(=O)c12. The molecule has 0 fully saturated rings. The molecule has 3 rings (SSSR count). The number of hydrogen-bond donors (Lipinski definition) is 1. The highest BCUT2D eigenvalue weighted by Gasteiger charge is 2.19. The molecule has 0 amide bonds. The first kappa shape index (κ1) is 18.2. The van der Waals surface area contributed by atoms with Gasteiger partial charge in [0.05, 0.1) is 18.0 Å². The van der Waals surface area contributed by atoms with Crippen LogP contribution in [0.25, 0.3) is 22.2 Å². The molecule has 26 heavy (non-hydrogen) atoms. The van der Waals surface area contributed by atoms with Crippen molar-refractivity contribution in [1.29, 1.82) is 0 Å². The summed E-state index contributed by atoms with van der Waals surface area (Å²) in [6.45, 7) is 10.7. The summed E-state index contributed by atoms with van der Waals surface area (Å²) in [5, 5.41) is 0.233. The summed E-state index contributed by atoms with van der Waals surface area (Å²) in [4.78, 5) is 15.9. The predicted octanol–water partition coefficient (Wildman–Crippen LogP) is 5.26. The first-order valence-electron chi connectivity index (χ1n) is 8.65. The fraction of sp³-hybridized carbons (Fsp3) is 0.318. The highest BCUT2D eigenvalue weighted by atomic mass is 19.1. The number of hydrogen-bond acceptors (Lipinski definition) is 2. The van der Waals surface area contributed by atoms with Crippen LogP contribution >= 0.6 is 0 Å². The van der Waals surface area contributed by atoms with Gasteiger partial charge in [-0.1, -0.05) is 26.8 Å². The van der Waals surface area contributed by atoms with E-state index in [4.69, 9.17) is 4.74 Å². The number of methoxy groups -OCH3 is 1. The highest BCUT2D eigenvalue weighted by molar-refractivity contribution is 5.87. The van der Waals surface area contributed by atoms with Gasteiger partial charge < -0.3 is 9.72 Å². The van der Waals surface area contributed by atoms with Crippen LogP contribution in [-0.2, 0) is 5.41 Å². The van der Waals surface area contributed by atoms with Crippen LogP contribution in [0.2, 0.25) is 0 Å². The number of benzene rings is 2. The van der Waals surface area contributed by atoms with Gasteiger partial charge >= 0.3 is 0 Å². The Labute approximate surface area is 152 Å². The monoisotopic (exact) mass is 353 g/mol. The standard InChI is InChI=1S/C22H24FNO2/c1-12-10-15(22(3,4)5)13(2)9-14(12)18-11-19(25)20-17(24-18)8-7-16(23)21(20)26-6/h7-11H,1-6H3,(H,24,25). The number of aryl methyl sites for hydroxylation is 2. The number of pyridine rings is 1. The second-order valence-electron chi connectivity index (χ2n) is 7.78. The van der Waals surface area contributed by atoms with Gasteiger partial charge in [0.25, 0.3) is 0 Å². The molecule has 0 spiro atoms. The summed E-state index contributed by atoms with van der Waals surface area (Å²) in [6, 6.07) is 8.68. The number of nitrogens with one attached hydrogen (secondary N) is 1. The molecule has 0 unspecified atom stereocenters. The lowest BCUT2D eigenvalue weighted by Gasteiger charge is -2.23. The lowest BCUT2D eigenvalue weighted by Crippen LogP contribution is -2.14. The van der Waals surface area contributed by atoms with E-state index in [1.54, 1.807) is 6.07 Å². The third kappa shape index (κ3) is 3.00. The molecule has 0 aliphatic heterocycles. The Morgan fingerprint density at radius 3 is 2.35 bits per heavy atom. The maximum atomic E-state index is 13.9. The van der Waals surface area contributed by atoms with E-state index in [1.165, 1.54) is 30.4 Å². The van der Waals surface area contributed by atoms with Crippen molar-refractivity contribution in [1.82, 2.24) is 4.98 Å².